The van der Waals surface area contributed by atoms with Gasteiger partial charge in [-0.05, 0) is 132 Å². The SMILES string of the molecule is N#Cc1c(-c2ccc3c(c2)Sc2ccccc2N3c2ccccc2)c(-c2ccc3c(c2)Sc2ccccc2N3c2ccccc2)c(C#N)c(-n2c3cc(C(F)(F)F)ccc3c3ccc(C(F)(F)F)cc32)c1-n1c2cc(C(F)(F)F)ccc2c2ccc(C(F)(F)F)cc21. The van der Waals surface area contributed by atoms with Crippen LogP contribution in [0.25, 0.3) is 77.2 Å². The van der Waals surface area contributed by atoms with Crippen LogP contribution in [0.5, 0.6) is 0 Å². The molecule has 0 unspecified atom stereocenters. The molecule has 2 aliphatic rings. The average molecular weight is 1280 g/mol. The first-order valence-corrected chi connectivity index (χ1v) is 29.8. The van der Waals surface area contributed by atoms with E-state index in [1.165, 1.54) is 23.5 Å². The van der Waals surface area contributed by atoms with Crippen molar-refractivity contribution >= 4 is 101 Å². The number of hydrogen-bond donors (Lipinski definition) is 0. The molecule has 13 aromatic rings. The van der Waals surface area contributed by atoms with Crippen LogP contribution >= 0.6 is 23.5 Å². The van der Waals surface area contributed by atoms with Crippen LogP contribution in [-0.4, -0.2) is 9.13 Å². The molecule has 0 bridgehead atoms. The monoisotopic (exact) mass is 1280 g/mol. The summed E-state index contributed by atoms with van der Waals surface area (Å²) < 4.78 is 185. The van der Waals surface area contributed by atoms with Gasteiger partial charge in [0.05, 0.1) is 89.6 Å². The van der Waals surface area contributed by atoms with Gasteiger partial charge < -0.3 is 18.9 Å². The van der Waals surface area contributed by atoms with E-state index in [4.69, 9.17) is 0 Å². The lowest BCUT2D eigenvalue weighted by Gasteiger charge is -2.34. The summed E-state index contributed by atoms with van der Waals surface area (Å²) in [6.07, 6.45) is -20.5. The fraction of sp³-hybridized carbons (Fsp3) is 0.0556. The number of fused-ring (bicyclic) bond motifs is 10. The summed E-state index contributed by atoms with van der Waals surface area (Å²) >= 11 is 2.69. The molecule has 450 valence electrons. The molecule has 0 amide bonds. The van der Waals surface area contributed by atoms with Gasteiger partial charge >= 0.3 is 24.7 Å². The van der Waals surface area contributed by atoms with Crippen LogP contribution in [0.2, 0.25) is 0 Å². The predicted molar refractivity (Wildman–Crippen MR) is 333 cm³/mol. The van der Waals surface area contributed by atoms with Gasteiger partial charge in [-0.2, -0.15) is 63.2 Å². The van der Waals surface area contributed by atoms with Gasteiger partial charge in [-0.25, -0.2) is 0 Å². The molecule has 4 heterocycles. The third kappa shape index (κ3) is 9.29. The number of nitriles is 2. The maximum atomic E-state index is 15.3. The molecule has 11 aromatic carbocycles. The molecule has 0 saturated carbocycles. The minimum absolute atomic E-state index is 0.0959. The zero-order valence-electron chi connectivity index (χ0n) is 46.8. The fourth-order valence-electron chi connectivity index (χ4n) is 12.7. The molecule has 0 saturated heterocycles. The van der Waals surface area contributed by atoms with Crippen molar-refractivity contribution in [1.29, 1.82) is 10.5 Å². The molecule has 6 nitrogen and oxygen atoms in total. The van der Waals surface area contributed by atoms with Gasteiger partial charge in [0.25, 0.3) is 0 Å². The summed E-state index contributed by atoms with van der Waals surface area (Å²) in [5, 5.41) is 24.5. The van der Waals surface area contributed by atoms with Gasteiger partial charge in [0.2, 0.25) is 0 Å². The molecule has 15 rings (SSSR count). The number of anilines is 6. The normalized spacial score (nSPS) is 13.3. The largest absolute Gasteiger partial charge is 0.416 e. The first-order valence-electron chi connectivity index (χ1n) is 28.1. The van der Waals surface area contributed by atoms with Crippen molar-refractivity contribution in [1.82, 2.24) is 9.13 Å². The van der Waals surface area contributed by atoms with Crippen LogP contribution < -0.4 is 9.80 Å². The van der Waals surface area contributed by atoms with Crippen molar-refractivity contribution in [2.24, 2.45) is 0 Å². The minimum atomic E-state index is -5.12. The number of nitrogens with zero attached hydrogens (tertiary/aromatic N) is 6. The lowest BCUT2D eigenvalue weighted by molar-refractivity contribution is -0.138. The third-order valence-corrected chi connectivity index (χ3v) is 18.8. The summed E-state index contributed by atoms with van der Waals surface area (Å²) in [6, 6.07) is 58.1. The highest BCUT2D eigenvalue weighted by Crippen LogP contribution is 2.58. The second-order valence-electron chi connectivity index (χ2n) is 21.9. The Bertz CT molecular complexity index is 4870. The van der Waals surface area contributed by atoms with Gasteiger partial charge in [0.15, 0.2) is 0 Å². The topological polar surface area (TPSA) is 63.9 Å². The molecule has 20 heteroatoms. The van der Waals surface area contributed by atoms with Gasteiger partial charge in [-0.1, -0.05) is 121 Å². The summed E-state index contributed by atoms with van der Waals surface area (Å²) in [7, 11) is 0. The quantitative estimate of drug-likeness (QED) is 0.155. The van der Waals surface area contributed by atoms with E-state index in [0.29, 0.717) is 69.7 Å². The molecule has 92 heavy (non-hydrogen) atoms. The number of halogens is 12. The summed E-state index contributed by atoms with van der Waals surface area (Å²) in [5.41, 5.74) is -5.04. The molecular weight excluding hydrogens is 1240 g/mol. The second-order valence-corrected chi connectivity index (χ2v) is 24.0. The van der Waals surface area contributed by atoms with E-state index in [2.05, 4.69) is 12.1 Å². The van der Waals surface area contributed by atoms with E-state index in [-0.39, 0.29) is 43.8 Å². The summed E-state index contributed by atoms with van der Waals surface area (Å²) in [4.78, 5) is 6.71. The van der Waals surface area contributed by atoms with Crippen LogP contribution in [0.3, 0.4) is 0 Å². The summed E-state index contributed by atoms with van der Waals surface area (Å²) in [6.45, 7) is 0. The Hall–Kier alpha value is -10.5. The molecule has 0 radical (unpaired) electrons. The standard InChI is InChI=1S/C72H36F12N6S2/c73-69(74,75)41-21-25-47-48-26-22-42(70(76,77)78)34-58(48)89(57(47)33-41)67-51(37-85)65(39-19-29-55-63(31-39)91-61-17-9-7-15-53(61)87(55)45-11-3-1-4-12-45)66(40-20-30-56-64(32-40)92-62-18-10-8-16-54(62)88(56)46-13-5-2-6-14-46)52(38-86)68(67)90-59-35-43(71(79,80)81)23-27-49(59)50-28-24-44(36-60(50)90)72(82,83)84/h1-36H. The van der Waals surface area contributed by atoms with E-state index in [1.807, 2.05) is 119 Å². The zero-order valence-corrected chi connectivity index (χ0v) is 48.5. The van der Waals surface area contributed by atoms with Crippen LogP contribution in [0.15, 0.2) is 238 Å². The summed E-state index contributed by atoms with van der Waals surface area (Å²) in [5.74, 6) is 0. The molecule has 0 spiro atoms. The first kappa shape index (κ1) is 57.9. The maximum Gasteiger partial charge on any atom is 0.416 e. The molecule has 2 aromatic heterocycles. The fourth-order valence-corrected chi connectivity index (χ4v) is 14.9. The van der Waals surface area contributed by atoms with Crippen molar-refractivity contribution < 1.29 is 52.7 Å². The van der Waals surface area contributed by atoms with Gasteiger partial charge in [0, 0.05) is 63.6 Å². The number of rotatable bonds is 6. The van der Waals surface area contributed by atoms with E-state index in [0.717, 1.165) is 65.9 Å². The van der Waals surface area contributed by atoms with E-state index >= 15 is 52.7 Å². The number of aromatic nitrogens is 2. The van der Waals surface area contributed by atoms with E-state index in [1.54, 1.807) is 36.4 Å². The predicted octanol–water partition coefficient (Wildman–Crippen LogP) is 22.9. The van der Waals surface area contributed by atoms with Crippen molar-refractivity contribution in [2.75, 3.05) is 9.80 Å². The van der Waals surface area contributed by atoms with Crippen molar-refractivity contribution in [2.45, 2.75) is 44.3 Å². The number of para-hydroxylation sites is 4. The Morgan fingerprint density at radius 2 is 0.598 bits per heavy atom. The van der Waals surface area contributed by atoms with Crippen molar-refractivity contribution in [3.8, 4) is 45.8 Å². The maximum absolute atomic E-state index is 15.3. The highest BCUT2D eigenvalue weighted by molar-refractivity contribution is 8.00. The molecule has 0 aliphatic carbocycles. The van der Waals surface area contributed by atoms with Gasteiger partial charge in [0.1, 0.15) is 12.1 Å². The highest BCUT2D eigenvalue weighted by Gasteiger charge is 2.40. The molecular formula is C72H36F12N6S2. The third-order valence-electron chi connectivity index (χ3n) is 16.6. The number of benzene rings is 11. The number of alkyl halides is 12. The lowest BCUT2D eigenvalue weighted by Crippen LogP contribution is -2.15. The van der Waals surface area contributed by atoms with Crippen molar-refractivity contribution in [3.63, 3.8) is 0 Å². The van der Waals surface area contributed by atoms with Crippen LogP contribution in [-0.2, 0) is 24.7 Å². The van der Waals surface area contributed by atoms with Crippen LogP contribution in [0.4, 0.5) is 86.8 Å². The molecule has 0 atom stereocenters. The lowest BCUT2D eigenvalue weighted by atomic mass is 9.84. The van der Waals surface area contributed by atoms with E-state index in [9.17, 15) is 10.5 Å². The second kappa shape index (κ2) is 21.0. The first-order chi connectivity index (χ1) is 44.1. The van der Waals surface area contributed by atoms with Crippen LogP contribution in [0.1, 0.15) is 33.4 Å². The van der Waals surface area contributed by atoms with Crippen LogP contribution in [0, 0.1) is 22.7 Å². The smallest absolute Gasteiger partial charge is 0.308 e. The van der Waals surface area contributed by atoms with Gasteiger partial charge in [-0.3, -0.25) is 0 Å². The number of hydrogen-bond acceptors (Lipinski definition) is 6. The Labute approximate surface area is 522 Å². The average Bonchev–Trinajstić information content (AvgIpc) is 1.41. The molecule has 0 N–H and O–H groups in total. The minimum Gasteiger partial charge on any atom is -0.308 e. The Balaban J connectivity index is 1.17. The van der Waals surface area contributed by atoms with Crippen molar-refractivity contribution in [3.05, 3.63) is 252 Å². The Kier molecular flexibility index (Phi) is 13.2. The zero-order chi connectivity index (χ0) is 63.9. The highest BCUT2D eigenvalue weighted by atomic mass is 32.2. The van der Waals surface area contributed by atoms with Gasteiger partial charge in [-0.15, -0.1) is 0 Å². The molecule has 2 aliphatic heterocycles. The van der Waals surface area contributed by atoms with E-state index < -0.39 is 91.5 Å². The Morgan fingerprint density at radius 1 is 0.304 bits per heavy atom. The molecule has 0 fully saturated rings. The Morgan fingerprint density at radius 3 is 0.902 bits per heavy atom.